The summed E-state index contributed by atoms with van der Waals surface area (Å²) in [6.45, 7) is 4.71. The van der Waals surface area contributed by atoms with Gasteiger partial charge < -0.3 is 9.64 Å². The minimum atomic E-state index is -0.0187. The van der Waals surface area contributed by atoms with Crippen LogP contribution in [0.15, 0.2) is 35.8 Å². The number of ether oxygens (including phenoxy) is 1. The lowest BCUT2D eigenvalue weighted by molar-refractivity contribution is -0.122. The molecule has 0 aliphatic carbocycles. The summed E-state index contributed by atoms with van der Waals surface area (Å²) in [6.07, 6.45) is 2.72. The van der Waals surface area contributed by atoms with Crippen LogP contribution in [0, 0.1) is 0 Å². The second kappa shape index (κ2) is 6.63. The van der Waals surface area contributed by atoms with Crippen molar-refractivity contribution >= 4 is 22.9 Å². The summed E-state index contributed by atoms with van der Waals surface area (Å²) in [5, 5.41) is 2.96. The highest BCUT2D eigenvalue weighted by Crippen LogP contribution is 2.32. The maximum absolute atomic E-state index is 12.9. The summed E-state index contributed by atoms with van der Waals surface area (Å²) in [5.74, 6) is 0.173. The van der Waals surface area contributed by atoms with Gasteiger partial charge in [0.15, 0.2) is 0 Å². The third-order valence-electron chi connectivity index (χ3n) is 4.71. The zero-order valence-electron chi connectivity index (χ0n) is 13.7. The van der Waals surface area contributed by atoms with Crippen LogP contribution in [-0.2, 0) is 16.0 Å². The molecule has 1 amide bonds. The second-order valence-electron chi connectivity index (χ2n) is 6.41. The summed E-state index contributed by atoms with van der Waals surface area (Å²) in [7, 11) is 0. The third kappa shape index (κ3) is 2.97. The highest BCUT2D eigenvalue weighted by Gasteiger charge is 2.32. The smallest absolute Gasteiger partial charge is 0.241 e. The molecular formula is C18H21N3O2S. The first-order valence-electron chi connectivity index (χ1n) is 8.35. The quantitative estimate of drug-likeness (QED) is 0.859. The number of anilines is 1. The number of carbonyl (C=O) groups excluding carboxylic acids is 1. The zero-order valence-corrected chi connectivity index (χ0v) is 14.5. The van der Waals surface area contributed by atoms with E-state index in [0.29, 0.717) is 13.2 Å². The van der Waals surface area contributed by atoms with Gasteiger partial charge in [0.1, 0.15) is 11.1 Å². The van der Waals surface area contributed by atoms with Gasteiger partial charge >= 0.3 is 0 Å². The summed E-state index contributed by atoms with van der Waals surface area (Å²) < 4.78 is 5.82. The number of hydrogen-bond acceptors (Lipinski definition) is 5. The van der Waals surface area contributed by atoms with E-state index < -0.39 is 0 Å². The van der Waals surface area contributed by atoms with Crippen molar-refractivity contribution < 1.29 is 9.53 Å². The molecule has 0 bridgehead atoms. The fraction of sp³-hybridized carbons (Fsp3) is 0.444. The zero-order chi connectivity index (χ0) is 16.5. The van der Waals surface area contributed by atoms with Crippen molar-refractivity contribution in [3.8, 4) is 0 Å². The number of thiazole rings is 1. The number of nitrogens with zero attached hydrogens (tertiary/aromatic N) is 3. The van der Waals surface area contributed by atoms with Crippen molar-refractivity contribution in [1.82, 2.24) is 9.88 Å². The van der Waals surface area contributed by atoms with Crippen LogP contribution in [0.4, 0.5) is 5.69 Å². The molecule has 0 saturated carbocycles. The fourth-order valence-electron chi connectivity index (χ4n) is 3.60. The number of benzene rings is 1. The first-order valence-corrected chi connectivity index (χ1v) is 9.23. The topological polar surface area (TPSA) is 45.7 Å². The number of para-hydroxylation sites is 1. The monoisotopic (exact) mass is 343 g/mol. The van der Waals surface area contributed by atoms with Gasteiger partial charge in [0.25, 0.3) is 0 Å². The van der Waals surface area contributed by atoms with Crippen molar-refractivity contribution in [3.05, 3.63) is 46.4 Å². The summed E-state index contributed by atoms with van der Waals surface area (Å²) in [6, 6.07) is 8.44. The molecular weight excluding hydrogens is 322 g/mol. The molecule has 2 aliphatic heterocycles. The normalized spacial score (nSPS) is 24.1. The van der Waals surface area contributed by atoms with Crippen LogP contribution in [0.25, 0.3) is 0 Å². The number of carbonyl (C=O) groups is 1. The first-order chi connectivity index (χ1) is 11.7. The van der Waals surface area contributed by atoms with E-state index in [-0.39, 0.29) is 18.1 Å². The number of aromatic nitrogens is 1. The Morgan fingerprint density at radius 3 is 3.12 bits per heavy atom. The van der Waals surface area contributed by atoms with Gasteiger partial charge in [-0.25, -0.2) is 4.98 Å². The predicted octanol–water partition coefficient (Wildman–Crippen LogP) is 2.49. The van der Waals surface area contributed by atoms with Gasteiger partial charge in [0, 0.05) is 36.4 Å². The Kier molecular flexibility index (Phi) is 4.35. The van der Waals surface area contributed by atoms with E-state index in [0.717, 1.165) is 30.2 Å². The van der Waals surface area contributed by atoms with E-state index in [1.54, 1.807) is 17.5 Å². The highest BCUT2D eigenvalue weighted by molar-refractivity contribution is 7.09. The number of fused-ring (bicyclic) bond motifs is 1. The molecule has 0 spiro atoms. The fourth-order valence-corrected chi connectivity index (χ4v) is 4.28. The van der Waals surface area contributed by atoms with Crippen LogP contribution >= 0.6 is 11.3 Å². The van der Waals surface area contributed by atoms with Crippen LogP contribution in [0.1, 0.15) is 23.6 Å². The van der Waals surface area contributed by atoms with Gasteiger partial charge in [0.05, 0.1) is 13.2 Å². The molecule has 4 rings (SSSR count). The molecule has 1 saturated heterocycles. The Balaban J connectivity index is 1.44. The Morgan fingerprint density at radius 2 is 2.29 bits per heavy atom. The van der Waals surface area contributed by atoms with E-state index in [2.05, 4.69) is 28.9 Å². The van der Waals surface area contributed by atoms with Gasteiger partial charge in [-0.1, -0.05) is 18.2 Å². The Hall–Kier alpha value is -1.76. The van der Waals surface area contributed by atoms with E-state index in [1.807, 2.05) is 22.4 Å². The van der Waals surface area contributed by atoms with Crippen molar-refractivity contribution in [2.75, 3.05) is 31.1 Å². The van der Waals surface area contributed by atoms with Gasteiger partial charge in [-0.05, 0) is 25.0 Å². The van der Waals surface area contributed by atoms with Gasteiger partial charge in [-0.2, -0.15) is 0 Å². The van der Waals surface area contributed by atoms with Crippen molar-refractivity contribution in [2.24, 2.45) is 0 Å². The predicted molar refractivity (Wildman–Crippen MR) is 94.3 cm³/mol. The van der Waals surface area contributed by atoms with Crippen molar-refractivity contribution in [2.45, 2.75) is 25.5 Å². The highest BCUT2D eigenvalue weighted by atomic mass is 32.1. The van der Waals surface area contributed by atoms with Crippen molar-refractivity contribution in [1.29, 1.82) is 0 Å². The van der Waals surface area contributed by atoms with E-state index >= 15 is 0 Å². The van der Waals surface area contributed by atoms with Gasteiger partial charge in [-0.15, -0.1) is 11.3 Å². The average molecular weight is 343 g/mol. The average Bonchev–Trinajstić information content (AvgIpc) is 3.21. The molecule has 2 unspecified atom stereocenters. The minimum absolute atomic E-state index is 0.0187. The molecule has 3 heterocycles. The molecule has 2 aliphatic rings. The standard InChI is InChI=1S/C18H21N3O2S/c1-13-10-14-4-2-3-5-15(14)21(13)17(22)12-20-7-8-23-16(11-20)18-19-6-9-24-18/h2-6,9,13,16H,7-8,10-12H2,1H3. The number of amides is 1. The molecule has 0 N–H and O–H groups in total. The van der Waals surface area contributed by atoms with E-state index in [9.17, 15) is 4.79 Å². The molecule has 2 aromatic rings. The Labute approximate surface area is 145 Å². The van der Waals surface area contributed by atoms with Gasteiger partial charge in [-0.3, -0.25) is 9.69 Å². The maximum Gasteiger partial charge on any atom is 0.241 e. The lowest BCUT2D eigenvalue weighted by Gasteiger charge is -2.33. The Morgan fingerprint density at radius 1 is 1.42 bits per heavy atom. The second-order valence-corrected chi connectivity index (χ2v) is 7.34. The van der Waals surface area contributed by atoms with Crippen LogP contribution in [0.2, 0.25) is 0 Å². The summed E-state index contributed by atoms with van der Waals surface area (Å²) in [4.78, 5) is 21.4. The molecule has 1 fully saturated rings. The molecule has 1 aromatic carbocycles. The van der Waals surface area contributed by atoms with Crippen LogP contribution in [-0.4, -0.2) is 48.1 Å². The maximum atomic E-state index is 12.9. The lowest BCUT2D eigenvalue weighted by Crippen LogP contribution is -2.47. The van der Waals surface area contributed by atoms with E-state index in [4.69, 9.17) is 4.74 Å². The first kappa shape index (κ1) is 15.7. The van der Waals surface area contributed by atoms with Gasteiger partial charge in [0.2, 0.25) is 5.91 Å². The van der Waals surface area contributed by atoms with Crippen LogP contribution < -0.4 is 4.90 Å². The van der Waals surface area contributed by atoms with Crippen LogP contribution in [0.3, 0.4) is 0 Å². The SMILES string of the molecule is CC1Cc2ccccc2N1C(=O)CN1CCOC(c2nccs2)C1. The van der Waals surface area contributed by atoms with E-state index in [1.165, 1.54) is 5.56 Å². The summed E-state index contributed by atoms with van der Waals surface area (Å²) in [5.41, 5.74) is 2.33. The molecule has 2 atom stereocenters. The Bertz CT molecular complexity index is 719. The minimum Gasteiger partial charge on any atom is -0.368 e. The molecule has 6 heteroatoms. The number of rotatable bonds is 3. The largest absolute Gasteiger partial charge is 0.368 e. The molecule has 24 heavy (non-hydrogen) atoms. The molecule has 126 valence electrons. The number of morpholine rings is 1. The molecule has 0 radical (unpaired) electrons. The van der Waals surface area contributed by atoms with Crippen molar-refractivity contribution in [3.63, 3.8) is 0 Å². The molecule has 5 nitrogen and oxygen atoms in total. The third-order valence-corrected chi connectivity index (χ3v) is 5.58. The lowest BCUT2D eigenvalue weighted by atomic mass is 10.1. The number of hydrogen-bond donors (Lipinski definition) is 0. The molecule has 1 aromatic heterocycles. The van der Waals surface area contributed by atoms with Crippen LogP contribution in [0.5, 0.6) is 0 Å². The summed E-state index contributed by atoms with van der Waals surface area (Å²) >= 11 is 1.61.